The molecular formula is C19H24N2O4S. The van der Waals surface area contributed by atoms with Crippen molar-refractivity contribution in [3.05, 3.63) is 66.2 Å². The van der Waals surface area contributed by atoms with E-state index in [-0.39, 0.29) is 12.6 Å². The molecular weight excluding hydrogens is 352 g/mol. The summed E-state index contributed by atoms with van der Waals surface area (Å²) in [6.45, 7) is 2.09. The van der Waals surface area contributed by atoms with E-state index >= 15 is 0 Å². The van der Waals surface area contributed by atoms with Gasteiger partial charge in [0.05, 0.1) is 12.3 Å². The Labute approximate surface area is 154 Å². The van der Waals surface area contributed by atoms with Crippen molar-refractivity contribution >= 4 is 15.9 Å². The maximum atomic E-state index is 12.8. The SMILES string of the molecule is C[C@@H](COc1ccccc1)NC(=O)[C@@H](c1ccccc1)N(C)S(C)(=O)=O. The summed E-state index contributed by atoms with van der Waals surface area (Å²) >= 11 is 0. The lowest BCUT2D eigenvalue weighted by molar-refractivity contribution is -0.125. The Bertz CT molecular complexity index is 810. The quantitative estimate of drug-likeness (QED) is 0.766. The Morgan fingerprint density at radius 2 is 1.62 bits per heavy atom. The molecule has 7 heteroatoms. The number of hydrogen-bond donors (Lipinski definition) is 1. The van der Waals surface area contributed by atoms with E-state index in [9.17, 15) is 13.2 Å². The highest BCUT2D eigenvalue weighted by Crippen LogP contribution is 2.22. The molecule has 2 aromatic carbocycles. The Morgan fingerprint density at radius 1 is 1.08 bits per heavy atom. The van der Waals surface area contributed by atoms with Crippen molar-refractivity contribution < 1.29 is 17.9 Å². The maximum absolute atomic E-state index is 12.8. The zero-order valence-electron chi connectivity index (χ0n) is 15.1. The summed E-state index contributed by atoms with van der Waals surface area (Å²) in [6, 6.07) is 16.9. The molecule has 0 unspecified atom stereocenters. The van der Waals surface area contributed by atoms with E-state index in [4.69, 9.17) is 4.74 Å². The van der Waals surface area contributed by atoms with Crippen LogP contribution in [0.4, 0.5) is 0 Å². The lowest BCUT2D eigenvalue weighted by atomic mass is 10.1. The van der Waals surface area contributed by atoms with Crippen molar-refractivity contribution in [2.75, 3.05) is 19.9 Å². The second kappa shape index (κ2) is 8.82. The number of carbonyl (C=O) groups is 1. The van der Waals surface area contributed by atoms with Crippen LogP contribution in [0.1, 0.15) is 18.5 Å². The topological polar surface area (TPSA) is 75.7 Å². The van der Waals surface area contributed by atoms with Gasteiger partial charge < -0.3 is 10.1 Å². The number of nitrogens with one attached hydrogen (secondary N) is 1. The first-order valence-electron chi connectivity index (χ1n) is 8.25. The fourth-order valence-corrected chi connectivity index (χ4v) is 3.06. The maximum Gasteiger partial charge on any atom is 0.243 e. The summed E-state index contributed by atoms with van der Waals surface area (Å²) < 4.78 is 30.6. The number of nitrogens with zero attached hydrogens (tertiary/aromatic N) is 1. The number of rotatable bonds is 8. The van der Waals surface area contributed by atoms with Gasteiger partial charge >= 0.3 is 0 Å². The molecule has 0 aromatic heterocycles. The number of amides is 1. The standard InChI is InChI=1S/C19H24N2O4S/c1-15(14-25-17-12-8-5-9-13-17)20-19(22)18(21(2)26(3,23)24)16-10-6-4-7-11-16/h4-13,15,18H,14H2,1-3H3,(H,20,22)/t15-,18+/m0/s1. The molecule has 0 aliphatic heterocycles. The van der Waals surface area contributed by atoms with Crippen LogP contribution in [0.3, 0.4) is 0 Å². The van der Waals surface area contributed by atoms with Crippen LogP contribution in [0.2, 0.25) is 0 Å². The molecule has 1 N–H and O–H groups in total. The second-order valence-electron chi connectivity index (χ2n) is 6.13. The molecule has 2 rings (SSSR count). The third-order valence-corrected chi connectivity index (χ3v) is 5.14. The van der Waals surface area contributed by atoms with Gasteiger partial charge in [-0.2, -0.15) is 4.31 Å². The van der Waals surface area contributed by atoms with E-state index in [1.807, 2.05) is 43.3 Å². The number of likely N-dealkylation sites (N-methyl/N-ethyl adjacent to an activating group) is 1. The Hall–Kier alpha value is -2.38. The average molecular weight is 376 g/mol. The molecule has 0 saturated carbocycles. The van der Waals surface area contributed by atoms with Crippen molar-refractivity contribution in [2.24, 2.45) is 0 Å². The second-order valence-corrected chi connectivity index (χ2v) is 8.17. The average Bonchev–Trinajstić information content (AvgIpc) is 2.61. The van der Waals surface area contributed by atoms with Crippen LogP contribution in [0, 0.1) is 0 Å². The third-order valence-electron chi connectivity index (χ3n) is 3.88. The summed E-state index contributed by atoms with van der Waals surface area (Å²) in [6.07, 6.45) is 1.08. The molecule has 2 aromatic rings. The number of ether oxygens (including phenoxy) is 1. The van der Waals surface area contributed by atoms with Gasteiger partial charge in [-0.25, -0.2) is 8.42 Å². The van der Waals surface area contributed by atoms with E-state index < -0.39 is 22.0 Å². The molecule has 0 aliphatic carbocycles. The van der Waals surface area contributed by atoms with Gasteiger partial charge in [0, 0.05) is 7.05 Å². The Balaban J connectivity index is 2.08. The smallest absolute Gasteiger partial charge is 0.243 e. The lowest BCUT2D eigenvalue weighted by Gasteiger charge is -2.27. The number of benzene rings is 2. The highest BCUT2D eigenvalue weighted by atomic mass is 32.2. The lowest BCUT2D eigenvalue weighted by Crippen LogP contribution is -2.45. The highest BCUT2D eigenvalue weighted by molar-refractivity contribution is 7.88. The predicted molar refractivity (Wildman–Crippen MR) is 101 cm³/mol. The highest BCUT2D eigenvalue weighted by Gasteiger charge is 2.31. The Kier molecular flexibility index (Phi) is 6.76. The van der Waals surface area contributed by atoms with Gasteiger partial charge in [0.1, 0.15) is 18.4 Å². The zero-order valence-corrected chi connectivity index (χ0v) is 15.9. The summed E-state index contributed by atoms with van der Waals surface area (Å²) in [5, 5.41) is 2.83. The number of sulfonamides is 1. The van der Waals surface area contributed by atoms with E-state index in [0.29, 0.717) is 11.3 Å². The molecule has 0 heterocycles. The van der Waals surface area contributed by atoms with E-state index in [1.54, 1.807) is 24.3 Å². The number of hydrogen-bond acceptors (Lipinski definition) is 4. The summed E-state index contributed by atoms with van der Waals surface area (Å²) in [7, 11) is -2.14. The van der Waals surface area contributed by atoms with Crippen molar-refractivity contribution in [1.29, 1.82) is 0 Å². The molecule has 0 aliphatic rings. The van der Waals surface area contributed by atoms with Crippen molar-refractivity contribution in [3.8, 4) is 5.75 Å². The normalized spacial score (nSPS) is 13.8. The summed E-state index contributed by atoms with van der Waals surface area (Å²) in [5.41, 5.74) is 0.606. The molecule has 1 amide bonds. The number of para-hydroxylation sites is 1. The third kappa shape index (κ3) is 5.57. The van der Waals surface area contributed by atoms with Crippen molar-refractivity contribution in [3.63, 3.8) is 0 Å². The van der Waals surface area contributed by atoms with E-state index in [2.05, 4.69) is 5.32 Å². The first kappa shape index (κ1) is 19.9. The molecule has 6 nitrogen and oxygen atoms in total. The number of carbonyl (C=O) groups excluding carboxylic acids is 1. The van der Waals surface area contributed by atoms with Crippen LogP contribution in [0.15, 0.2) is 60.7 Å². The fourth-order valence-electron chi connectivity index (χ4n) is 2.45. The van der Waals surface area contributed by atoms with Gasteiger partial charge in [-0.3, -0.25) is 4.79 Å². The van der Waals surface area contributed by atoms with Crippen LogP contribution >= 0.6 is 0 Å². The molecule has 0 radical (unpaired) electrons. The van der Waals surface area contributed by atoms with Gasteiger partial charge in [-0.15, -0.1) is 0 Å². The monoisotopic (exact) mass is 376 g/mol. The zero-order chi connectivity index (χ0) is 19.2. The summed E-state index contributed by atoms with van der Waals surface area (Å²) in [5.74, 6) is 0.315. The minimum absolute atomic E-state index is 0.278. The van der Waals surface area contributed by atoms with Crippen LogP contribution in [0.5, 0.6) is 5.75 Å². The fraction of sp³-hybridized carbons (Fsp3) is 0.316. The van der Waals surface area contributed by atoms with Crippen LogP contribution in [-0.4, -0.2) is 44.6 Å². The largest absolute Gasteiger partial charge is 0.491 e. The molecule has 0 spiro atoms. The van der Waals surface area contributed by atoms with Gasteiger partial charge in [0.25, 0.3) is 0 Å². The molecule has 0 saturated heterocycles. The van der Waals surface area contributed by atoms with E-state index in [1.165, 1.54) is 7.05 Å². The molecule has 26 heavy (non-hydrogen) atoms. The van der Waals surface area contributed by atoms with Crippen LogP contribution < -0.4 is 10.1 Å². The summed E-state index contributed by atoms with van der Waals surface area (Å²) in [4.78, 5) is 12.8. The molecule has 140 valence electrons. The first-order valence-corrected chi connectivity index (χ1v) is 10.1. The molecule has 0 fully saturated rings. The van der Waals surface area contributed by atoms with Crippen LogP contribution in [-0.2, 0) is 14.8 Å². The van der Waals surface area contributed by atoms with E-state index in [0.717, 1.165) is 10.6 Å². The minimum atomic E-state index is -3.55. The van der Waals surface area contributed by atoms with Crippen molar-refractivity contribution in [1.82, 2.24) is 9.62 Å². The Morgan fingerprint density at radius 3 is 2.15 bits per heavy atom. The van der Waals surface area contributed by atoms with Gasteiger partial charge in [-0.05, 0) is 24.6 Å². The minimum Gasteiger partial charge on any atom is -0.491 e. The van der Waals surface area contributed by atoms with Crippen LogP contribution in [0.25, 0.3) is 0 Å². The predicted octanol–water partition coefficient (Wildman–Crippen LogP) is 2.20. The first-order chi connectivity index (χ1) is 12.3. The van der Waals surface area contributed by atoms with Gasteiger partial charge in [-0.1, -0.05) is 48.5 Å². The van der Waals surface area contributed by atoms with Gasteiger partial charge in [0.15, 0.2) is 0 Å². The molecule has 2 atom stereocenters. The van der Waals surface area contributed by atoms with Gasteiger partial charge in [0.2, 0.25) is 15.9 Å². The molecule has 0 bridgehead atoms. The van der Waals surface area contributed by atoms with Crippen molar-refractivity contribution in [2.45, 2.75) is 19.0 Å².